The Hall–Kier alpha value is -2.45. The topological polar surface area (TPSA) is 84.6 Å². The molecule has 0 aromatic carbocycles. The fourth-order valence-electron chi connectivity index (χ4n) is 4.20. The van der Waals surface area contributed by atoms with E-state index in [1.54, 1.807) is 35.6 Å². The Labute approximate surface area is 173 Å². The van der Waals surface area contributed by atoms with Gasteiger partial charge in [-0.15, -0.1) is 0 Å². The first-order chi connectivity index (χ1) is 13.8. The number of sulfone groups is 1. The molecule has 3 aromatic heterocycles. The maximum Gasteiger partial charge on any atom is 0.238 e. The summed E-state index contributed by atoms with van der Waals surface area (Å²) in [6, 6.07) is 5.40. The van der Waals surface area contributed by atoms with Gasteiger partial charge in [0.25, 0.3) is 0 Å². The van der Waals surface area contributed by atoms with Gasteiger partial charge in [0.1, 0.15) is 15.5 Å². The predicted molar refractivity (Wildman–Crippen MR) is 110 cm³/mol. The lowest BCUT2D eigenvalue weighted by Gasteiger charge is -2.17. The lowest BCUT2D eigenvalue weighted by molar-refractivity contribution is -0.120. The number of hydrogen-bond donors (Lipinski definition) is 0. The van der Waals surface area contributed by atoms with E-state index in [0.29, 0.717) is 22.8 Å². The number of pyridine rings is 2. The molecule has 1 saturated carbocycles. The molecule has 1 spiro atoms. The molecular weight excluding hydrogens is 412 g/mol. The molecule has 0 unspecified atom stereocenters. The summed E-state index contributed by atoms with van der Waals surface area (Å²) in [6.45, 7) is 0.275. The molecule has 0 bridgehead atoms. The number of carbonyl (C=O) groups excluding carboxylic acids is 1. The molecular formula is C20H19ClN4O3S. The fourth-order valence-corrected chi connectivity index (χ4v) is 4.91. The predicted octanol–water partition coefficient (Wildman–Crippen LogP) is 2.55. The minimum absolute atomic E-state index is 0.00640. The summed E-state index contributed by atoms with van der Waals surface area (Å²) in [4.78, 5) is 23.8. The first-order valence-electron chi connectivity index (χ1n) is 9.38. The van der Waals surface area contributed by atoms with Crippen LogP contribution in [0.2, 0.25) is 5.02 Å². The summed E-state index contributed by atoms with van der Waals surface area (Å²) in [7, 11) is -3.15. The van der Waals surface area contributed by atoms with Crippen molar-refractivity contribution in [1.29, 1.82) is 0 Å². The number of halogens is 1. The zero-order valence-corrected chi connectivity index (χ0v) is 17.4. The van der Waals surface area contributed by atoms with Crippen molar-refractivity contribution in [3.8, 4) is 0 Å². The number of imidazole rings is 1. The van der Waals surface area contributed by atoms with Crippen molar-refractivity contribution < 1.29 is 13.2 Å². The van der Waals surface area contributed by atoms with Crippen LogP contribution >= 0.6 is 11.6 Å². The minimum Gasteiger partial charge on any atom is -0.304 e. The molecule has 7 nitrogen and oxygen atoms in total. The Morgan fingerprint density at radius 3 is 2.79 bits per heavy atom. The standard InChI is InChI=1S/C20H19ClN4O3S/c1-29(27,28)9-4-16-15(23-18-10-13(21)3-8-24(16)18)12-25-17-11-22-7-2-14(17)20(5-6-20)19(25)26/h2-3,7-8,10-11H,4-6,9,12H2,1H3. The van der Waals surface area contributed by atoms with Crippen molar-refractivity contribution >= 4 is 38.7 Å². The Bertz CT molecular complexity index is 1260. The lowest BCUT2D eigenvalue weighted by atomic mass is 9.99. The summed E-state index contributed by atoms with van der Waals surface area (Å²) < 4.78 is 25.4. The van der Waals surface area contributed by atoms with E-state index in [1.807, 2.05) is 10.5 Å². The van der Waals surface area contributed by atoms with E-state index in [4.69, 9.17) is 11.6 Å². The van der Waals surface area contributed by atoms with Crippen LogP contribution in [-0.2, 0) is 33.0 Å². The Balaban J connectivity index is 1.58. The maximum absolute atomic E-state index is 13.2. The third-order valence-electron chi connectivity index (χ3n) is 5.80. The Morgan fingerprint density at radius 1 is 1.28 bits per heavy atom. The highest BCUT2D eigenvalue weighted by Crippen LogP contribution is 2.57. The molecule has 1 aliphatic heterocycles. The Kier molecular flexibility index (Phi) is 4.02. The molecule has 5 rings (SSSR count). The second-order valence-corrected chi connectivity index (χ2v) is 10.5. The molecule has 0 saturated heterocycles. The highest BCUT2D eigenvalue weighted by molar-refractivity contribution is 7.90. The molecule has 0 radical (unpaired) electrons. The van der Waals surface area contributed by atoms with Gasteiger partial charge < -0.3 is 9.30 Å². The van der Waals surface area contributed by atoms with Gasteiger partial charge in [-0.3, -0.25) is 9.78 Å². The molecule has 2 aliphatic rings. The maximum atomic E-state index is 13.2. The first kappa shape index (κ1) is 18.6. The molecule has 0 N–H and O–H groups in total. The number of fused-ring (bicyclic) bond motifs is 3. The van der Waals surface area contributed by atoms with E-state index in [9.17, 15) is 13.2 Å². The molecule has 0 atom stereocenters. The van der Waals surface area contributed by atoms with Crippen molar-refractivity contribution in [2.24, 2.45) is 0 Å². The van der Waals surface area contributed by atoms with Crippen LogP contribution in [0.15, 0.2) is 36.8 Å². The number of hydrogen-bond acceptors (Lipinski definition) is 5. The van der Waals surface area contributed by atoms with Crippen molar-refractivity contribution in [2.75, 3.05) is 16.9 Å². The minimum atomic E-state index is -3.15. The average Bonchev–Trinajstić information content (AvgIpc) is 3.36. The van der Waals surface area contributed by atoms with Crippen molar-refractivity contribution in [3.05, 3.63) is 58.8 Å². The second kappa shape index (κ2) is 6.27. The zero-order chi connectivity index (χ0) is 20.4. The van der Waals surface area contributed by atoms with E-state index in [0.717, 1.165) is 29.8 Å². The molecule has 3 aromatic rings. The lowest BCUT2D eigenvalue weighted by Crippen LogP contribution is -2.32. The van der Waals surface area contributed by atoms with Gasteiger partial charge in [0.2, 0.25) is 5.91 Å². The number of nitrogens with zero attached hydrogens (tertiary/aromatic N) is 4. The third kappa shape index (κ3) is 3.02. The van der Waals surface area contributed by atoms with E-state index >= 15 is 0 Å². The van der Waals surface area contributed by atoms with Gasteiger partial charge in [-0.1, -0.05) is 11.6 Å². The van der Waals surface area contributed by atoms with Crippen LogP contribution in [-0.4, -0.2) is 40.7 Å². The highest BCUT2D eigenvalue weighted by Gasteiger charge is 2.59. The molecule has 9 heteroatoms. The number of rotatable bonds is 5. The van der Waals surface area contributed by atoms with Crippen LogP contribution in [0.25, 0.3) is 5.65 Å². The molecule has 4 heterocycles. The van der Waals surface area contributed by atoms with Gasteiger partial charge in [0.05, 0.1) is 35.3 Å². The van der Waals surface area contributed by atoms with Gasteiger partial charge in [0, 0.05) is 41.9 Å². The number of anilines is 1. The highest BCUT2D eigenvalue weighted by atomic mass is 35.5. The van der Waals surface area contributed by atoms with Crippen LogP contribution in [0, 0.1) is 0 Å². The molecule has 150 valence electrons. The van der Waals surface area contributed by atoms with Crippen LogP contribution in [0.4, 0.5) is 5.69 Å². The smallest absolute Gasteiger partial charge is 0.238 e. The van der Waals surface area contributed by atoms with E-state index in [2.05, 4.69) is 9.97 Å². The van der Waals surface area contributed by atoms with Gasteiger partial charge >= 0.3 is 0 Å². The first-order valence-corrected chi connectivity index (χ1v) is 11.8. The summed E-state index contributed by atoms with van der Waals surface area (Å²) in [5.41, 5.74) is 3.53. The molecule has 1 amide bonds. The summed E-state index contributed by atoms with van der Waals surface area (Å²) >= 11 is 6.11. The van der Waals surface area contributed by atoms with Gasteiger partial charge in [-0.05, 0) is 30.5 Å². The zero-order valence-electron chi connectivity index (χ0n) is 15.8. The van der Waals surface area contributed by atoms with Gasteiger partial charge in [-0.2, -0.15) is 0 Å². The number of carbonyl (C=O) groups is 1. The largest absolute Gasteiger partial charge is 0.304 e. The fraction of sp³-hybridized carbons (Fsp3) is 0.350. The van der Waals surface area contributed by atoms with Crippen molar-refractivity contribution in [3.63, 3.8) is 0 Å². The summed E-state index contributed by atoms with van der Waals surface area (Å²) in [5.74, 6) is 0.0801. The van der Waals surface area contributed by atoms with E-state index in [-0.39, 0.29) is 18.2 Å². The van der Waals surface area contributed by atoms with Crippen LogP contribution in [0.3, 0.4) is 0 Å². The molecule has 1 aliphatic carbocycles. The van der Waals surface area contributed by atoms with Crippen LogP contribution < -0.4 is 4.90 Å². The van der Waals surface area contributed by atoms with Gasteiger partial charge in [-0.25, -0.2) is 13.4 Å². The summed E-state index contributed by atoms with van der Waals surface area (Å²) in [6.07, 6.45) is 8.46. The number of aryl methyl sites for hydroxylation is 1. The molecule has 29 heavy (non-hydrogen) atoms. The van der Waals surface area contributed by atoms with Crippen LogP contribution in [0.5, 0.6) is 0 Å². The Morgan fingerprint density at radius 2 is 2.07 bits per heavy atom. The van der Waals surface area contributed by atoms with Gasteiger partial charge in [0.15, 0.2) is 0 Å². The average molecular weight is 431 g/mol. The van der Waals surface area contributed by atoms with E-state index in [1.165, 1.54) is 6.26 Å². The van der Waals surface area contributed by atoms with Crippen LogP contribution in [0.1, 0.15) is 29.8 Å². The number of aromatic nitrogens is 3. The summed E-state index contributed by atoms with van der Waals surface area (Å²) in [5, 5.41) is 0.549. The second-order valence-electron chi connectivity index (χ2n) is 7.82. The number of amides is 1. The van der Waals surface area contributed by atoms with E-state index < -0.39 is 15.3 Å². The van der Waals surface area contributed by atoms with Crippen molar-refractivity contribution in [1.82, 2.24) is 14.4 Å². The third-order valence-corrected chi connectivity index (χ3v) is 6.98. The van der Waals surface area contributed by atoms with Crippen molar-refractivity contribution in [2.45, 2.75) is 31.2 Å². The molecule has 1 fully saturated rings. The SMILES string of the molecule is CS(=O)(=O)CCc1c(CN2C(=O)C3(CC3)c3ccncc32)nc2cc(Cl)ccn12. The normalized spacial score (nSPS) is 17.3. The quantitative estimate of drug-likeness (QED) is 0.621. The monoisotopic (exact) mass is 430 g/mol.